The molecule has 0 heterocycles. The quantitative estimate of drug-likeness (QED) is 0.744. The Bertz CT molecular complexity index is 873. The molecule has 1 N–H and O–H groups in total. The van der Waals surface area contributed by atoms with Crippen LogP contribution >= 0.6 is 0 Å². The van der Waals surface area contributed by atoms with E-state index in [9.17, 15) is 13.2 Å². The summed E-state index contributed by atoms with van der Waals surface area (Å²) in [6.07, 6.45) is 1.86. The van der Waals surface area contributed by atoms with Crippen molar-refractivity contribution in [3.05, 3.63) is 59.7 Å². The molecule has 0 saturated carbocycles. The Labute approximate surface area is 161 Å². The topological polar surface area (TPSA) is 72.5 Å². The van der Waals surface area contributed by atoms with Crippen molar-refractivity contribution in [2.24, 2.45) is 0 Å². The lowest BCUT2D eigenvalue weighted by atomic mass is 10.0. The van der Waals surface area contributed by atoms with Gasteiger partial charge in [-0.05, 0) is 41.7 Å². The zero-order chi connectivity index (χ0) is 20.0. The number of benzene rings is 2. The molecule has 0 saturated heterocycles. The van der Waals surface area contributed by atoms with Crippen molar-refractivity contribution >= 4 is 15.7 Å². The number of hydrogen-bond acceptors (Lipinski definition) is 4. The minimum absolute atomic E-state index is 0.0678. The van der Waals surface area contributed by atoms with Gasteiger partial charge in [0, 0.05) is 6.26 Å². The Kier molecular flexibility index (Phi) is 7.02. The minimum Gasteiger partial charge on any atom is -0.483 e. The summed E-state index contributed by atoms with van der Waals surface area (Å²) < 4.78 is 28.9. The van der Waals surface area contributed by atoms with Gasteiger partial charge in [0.05, 0.1) is 10.9 Å². The van der Waals surface area contributed by atoms with Gasteiger partial charge in [-0.15, -0.1) is 0 Å². The molecule has 0 fully saturated rings. The average molecular weight is 390 g/mol. The van der Waals surface area contributed by atoms with Crippen LogP contribution < -0.4 is 10.1 Å². The van der Waals surface area contributed by atoms with Gasteiger partial charge in [-0.1, -0.05) is 51.1 Å². The van der Waals surface area contributed by atoms with Gasteiger partial charge >= 0.3 is 0 Å². The van der Waals surface area contributed by atoms with Crippen LogP contribution in [0.4, 0.5) is 0 Å². The molecule has 0 aromatic heterocycles. The molecule has 27 heavy (non-hydrogen) atoms. The number of carbonyl (C=O) groups excluding carboxylic acids is 1. The van der Waals surface area contributed by atoms with Crippen LogP contribution in [0.2, 0.25) is 0 Å². The van der Waals surface area contributed by atoms with Crippen molar-refractivity contribution in [3.8, 4) is 5.75 Å². The zero-order valence-corrected chi connectivity index (χ0v) is 17.0. The minimum atomic E-state index is -3.23. The summed E-state index contributed by atoms with van der Waals surface area (Å²) in [5.41, 5.74) is 1.93. The average Bonchev–Trinajstić information content (AvgIpc) is 2.64. The first-order valence-corrected chi connectivity index (χ1v) is 10.9. The van der Waals surface area contributed by atoms with E-state index in [1.54, 1.807) is 24.3 Å². The highest BCUT2D eigenvalue weighted by atomic mass is 32.2. The number of para-hydroxylation sites is 1. The molecule has 1 amide bonds. The number of sulfone groups is 1. The maximum absolute atomic E-state index is 12.3. The van der Waals surface area contributed by atoms with Gasteiger partial charge < -0.3 is 10.1 Å². The number of rotatable bonds is 8. The van der Waals surface area contributed by atoms with Crippen LogP contribution in [0.25, 0.3) is 0 Å². The van der Waals surface area contributed by atoms with Crippen LogP contribution in [-0.2, 0) is 14.6 Å². The van der Waals surface area contributed by atoms with Crippen molar-refractivity contribution < 1.29 is 17.9 Å². The van der Waals surface area contributed by atoms with Crippen LogP contribution in [0, 0.1) is 0 Å². The molecule has 0 bridgehead atoms. The van der Waals surface area contributed by atoms with Gasteiger partial charge in [0.2, 0.25) is 0 Å². The molecule has 2 aromatic carbocycles. The first-order chi connectivity index (χ1) is 12.7. The van der Waals surface area contributed by atoms with Crippen molar-refractivity contribution in [3.63, 3.8) is 0 Å². The number of amides is 1. The second-order valence-electron chi connectivity index (χ2n) is 6.85. The van der Waals surface area contributed by atoms with E-state index in [-0.39, 0.29) is 23.5 Å². The van der Waals surface area contributed by atoms with E-state index in [1.165, 1.54) is 6.26 Å². The highest BCUT2D eigenvalue weighted by Gasteiger charge is 2.15. The molecular formula is C21H27NO4S. The molecular weight excluding hydrogens is 362 g/mol. The summed E-state index contributed by atoms with van der Waals surface area (Å²) in [5, 5.41) is 2.95. The number of nitrogens with one attached hydrogen (secondary N) is 1. The number of carbonyl (C=O) groups is 1. The highest BCUT2D eigenvalue weighted by molar-refractivity contribution is 7.90. The fourth-order valence-electron chi connectivity index (χ4n) is 2.84. The third-order valence-electron chi connectivity index (χ3n) is 4.35. The highest BCUT2D eigenvalue weighted by Crippen LogP contribution is 2.26. The van der Waals surface area contributed by atoms with E-state index in [0.717, 1.165) is 11.1 Å². The molecule has 0 aliphatic heterocycles. The molecule has 6 heteroatoms. The Morgan fingerprint density at radius 1 is 1.07 bits per heavy atom. The lowest BCUT2D eigenvalue weighted by Crippen LogP contribution is -2.32. The fourth-order valence-corrected chi connectivity index (χ4v) is 3.47. The summed E-state index contributed by atoms with van der Waals surface area (Å²) in [5.74, 6) is 0.807. The molecule has 0 spiro atoms. The zero-order valence-electron chi connectivity index (χ0n) is 16.2. The molecule has 146 valence electrons. The maximum atomic E-state index is 12.3. The molecule has 5 nitrogen and oxygen atoms in total. The maximum Gasteiger partial charge on any atom is 0.258 e. The normalized spacial score (nSPS) is 12.6. The van der Waals surface area contributed by atoms with Crippen LogP contribution in [-0.4, -0.2) is 27.2 Å². The second-order valence-corrected chi connectivity index (χ2v) is 8.87. The van der Waals surface area contributed by atoms with Crippen molar-refractivity contribution in [2.75, 3.05) is 12.9 Å². The standard InChI is InChI=1S/C21H27NO4S/c1-5-19(16-10-12-17(13-11-16)27(4,24)25)22-21(23)14-26-20-9-7-6-8-18(20)15(2)3/h6-13,15,19H,5,14H2,1-4H3,(H,22,23)/t19-/m1/s1. The van der Waals surface area contributed by atoms with Gasteiger partial charge in [-0.25, -0.2) is 8.42 Å². The third-order valence-corrected chi connectivity index (χ3v) is 5.48. The number of hydrogen-bond donors (Lipinski definition) is 1. The van der Waals surface area contributed by atoms with Crippen molar-refractivity contribution in [2.45, 2.75) is 44.0 Å². The van der Waals surface area contributed by atoms with Gasteiger partial charge in [-0.2, -0.15) is 0 Å². The van der Waals surface area contributed by atoms with Gasteiger partial charge in [0.1, 0.15) is 5.75 Å². The predicted molar refractivity (Wildman–Crippen MR) is 107 cm³/mol. The van der Waals surface area contributed by atoms with Crippen molar-refractivity contribution in [1.29, 1.82) is 0 Å². The molecule has 2 aromatic rings. The lowest BCUT2D eigenvalue weighted by Gasteiger charge is -2.19. The van der Waals surface area contributed by atoms with Crippen LogP contribution in [0.15, 0.2) is 53.4 Å². The Morgan fingerprint density at radius 3 is 2.26 bits per heavy atom. The van der Waals surface area contributed by atoms with E-state index < -0.39 is 9.84 Å². The first kappa shape index (κ1) is 21.0. The van der Waals surface area contributed by atoms with Crippen molar-refractivity contribution in [1.82, 2.24) is 5.32 Å². The molecule has 0 aliphatic carbocycles. The van der Waals surface area contributed by atoms with Gasteiger partial charge in [0.15, 0.2) is 16.4 Å². The molecule has 0 unspecified atom stereocenters. The third kappa shape index (κ3) is 5.82. The smallest absolute Gasteiger partial charge is 0.258 e. The lowest BCUT2D eigenvalue weighted by molar-refractivity contribution is -0.123. The molecule has 0 radical (unpaired) electrons. The Hall–Kier alpha value is -2.34. The number of ether oxygens (including phenoxy) is 1. The van der Waals surface area contributed by atoms with Crippen LogP contribution in [0.1, 0.15) is 50.3 Å². The summed E-state index contributed by atoms with van der Waals surface area (Å²) in [4.78, 5) is 12.6. The predicted octanol–water partition coefficient (Wildman–Crippen LogP) is 3.86. The van der Waals surface area contributed by atoms with Gasteiger partial charge in [-0.3, -0.25) is 4.79 Å². The summed E-state index contributed by atoms with van der Waals surface area (Å²) in [6, 6.07) is 14.1. The fraction of sp³-hybridized carbons (Fsp3) is 0.381. The van der Waals surface area contributed by atoms with Gasteiger partial charge in [0.25, 0.3) is 5.91 Å². The van der Waals surface area contributed by atoms with Crippen LogP contribution in [0.3, 0.4) is 0 Å². The van der Waals surface area contributed by atoms with E-state index in [2.05, 4.69) is 19.2 Å². The van der Waals surface area contributed by atoms with Crippen LogP contribution in [0.5, 0.6) is 5.75 Å². The monoisotopic (exact) mass is 389 g/mol. The summed E-state index contributed by atoms with van der Waals surface area (Å²) in [6.45, 7) is 6.05. The Morgan fingerprint density at radius 2 is 1.70 bits per heavy atom. The molecule has 1 atom stereocenters. The van der Waals surface area contributed by atoms with E-state index in [1.807, 2.05) is 31.2 Å². The largest absolute Gasteiger partial charge is 0.483 e. The SMILES string of the molecule is CC[C@@H](NC(=O)COc1ccccc1C(C)C)c1ccc(S(C)(=O)=O)cc1. The Balaban J connectivity index is 2.01. The van der Waals surface area contributed by atoms with E-state index in [0.29, 0.717) is 18.1 Å². The summed E-state index contributed by atoms with van der Waals surface area (Å²) in [7, 11) is -3.23. The van der Waals surface area contributed by atoms with E-state index >= 15 is 0 Å². The second kappa shape index (κ2) is 9.04. The molecule has 2 rings (SSSR count). The first-order valence-electron chi connectivity index (χ1n) is 9.03. The van der Waals surface area contributed by atoms with E-state index in [4.69, 9.17) is 4.74 Å². The molecule has 0 aliphatic rings. The summed E-state index contributed by atoms with van der Waals surface area (Å²) >= 11 is 0.